The third kappa shape index (κ3) is 5.37. The molecule has 5 heteroatoms. The second-order valence-corrected chi connectivity index (χ2v) is 7.76. The van der Waals surface area contributed by atoms with Crippen LogP contribution in [0.4, 0.5) is 0 Å². The lowest BCUT2D eigenvalue weighted by atomic mass is 9.94. The second-order valence-electron chi connectivity index (χ2n) is 6.36. The zero-order valence-electron chi connectivity index (χ0n) is 14.0. The molecule has 2 heterocycles. The number of likely N-dealkylation sites (tertiary alicyclic amines) is 1. The highest BCUT2D eigenvalue weighted by atomic mass is 32.2. The first kappa shape index (κ1) is 16.9. The summed E-state index contributed by atoms with van der Waals surface area (Å²) >= 11 is 2.11. The van der Waals surface area contributed by atoms with Gasteiger partial charge in [0, 0.05) is 37.7 Å². The molecule has 2 fully saturated rings. The molecule has 21 heavy (non-hydrogen) atoms. The molecule has 0 bridgehead atoms. The van der Waals surface area contributed by atoms with E-state index in [1.54, 1.807) is 0 Å². The molecule has 0 aromatic heterocycles. The van der Waals surface area contributed by atoms with Crippen LogP contribution in [-0.4, -0.2) is 73.6 Å². The fraction of sp³-hybridized carbons (Fsp3) is 0.938. The van der Waals surface area contributed by atoms with Gasteiger partial charge in [-0.25, -0.2) is 0 Å². The number of aliphatic imine (C=N–C) groups is 1. The first-order valence-electron chi connectivity index (χ1n) is 8.48. The van der Waals surface area contributed by atoms with Gasteiger partial charge in [-0.15, -0.1) is 0 Å². The Balaban J connectivity index is 1.70. The Morgan fingerprint density at radius 2 is 2.05 bits per heavy atom. The van der Waals surface area contributed by atoms with E-state index in [-0.39, 0.29) is 0 Å². The average molecular weight is 313 g/mol. The van der Waals surface area contributed by atoms with Gasteiger partial charge in [-0.3, -0.25) is 4.99 Å². The zero-order valence-corrected chi connectivity index (χ0v) is 14.8. The first-order valence-corrected chi connectivity index (χ1v) is 9.53. The third-order valence-corrected chi connectivity index (χ3v) is 6.15. The average Bonchev–Trinajstić information content (AvgIpc) is 2.53. The van der Waals surface area contributed by atoms with Crippen molar-refractivity contribution in [3.05, 3.63) is 0 Å². The van der Waals surface area contributed by atoms with Gasteiger partial charge in [-0.1, -0.05) is 6.92 Å². The summed E-state index contributed by atoms with van der Waals surface area (Å²) in [5.41, 5.74) is 0. The quantitative estimate of drug-likeness (QED) is 0.636. The van der Waals surface area contributed by atoms with E-state index in [1.807, 2.05) is 7.05 Å². The highest BCUT2D eigenvalue weighted by Crippen LogP contribution is 2.21. The summed E-state index contributed by atoms with van der Waals surface area (Å²) in [6, 6.07) is 0. The van der Waals surface area contributed by atoms with E-state index < -0.39 is 0 Å². The maximum absolute atomic E-state index is 4.49. The lowest BCUT2D eigenvalue weighted by molar-refractivity contribution is 0.212. The number of hydrogen-bond acceptors (Lipinski definition) is 3. The van der Waals surface area contributed by atoms with Crippen LogP contribution in [0.2, 0.25) is 0 Å². The molecule has 1 unspecified atom stereocenters. The third-order valence-electron chi connectivity index (χ3n) is 4.78. The summed E-state index contributed by atoms with van der Waals surface area (Å²) in [5.74, 6) is 3.24. The van der Waals surface area contributed by atoms with Gasteiger partial charge in [0.15, 0.2) is 5.96 Å². The number of thioether (sulfide) groups is 1. The fourth-order valence-electron chi connectivity index (χ4n) is 3.23. The Labute approximate surface area is 134 Å². The van der Waals surface area contributed by atoms with Crippen LogP contribution in [0.25, 0.3) is 0 Å². The van der Waals surface area contributed by atoms with Crippen molar-refractivity contribution in [3.63, 3.8) is 0 Å². The molecule has 2 aliphatic heterocycles. The maximum atomic E-state index is 4.49. The molecule has 0 aromatic carbocycles. The van der Waals surface area contributed by atoms with E-state index in [0.717, 1.165) is 36.8 Å². The van der Waals surface area contributed by atoms with E-state index in [2.05, 4.69) is 45.8 Å². The Hall–Kier alpha value is -0.420. The van der Waals surface area contributed by atoms with Crippen LogP contribution in [0.15, 0.2) is 4.99 Å². The van der Waals surface area contributed by atoms with E-state index in [0.29, 0.717) is 0 Å². The molecule has 2 saturated heterocycles. The van der Waals surface area contributed by atoms with Gasteiger partial charge in [-0.2, -0.15) is 11.8 Å². The molecular formula is C16H32N4S. The predicted molar refractivity (Wildman–Crippen MR) is 94.3 cm³/mol. The molecule has 0 aromatic rings. The van der Waals surface area contributed by atoms with E-state index in [4.69, 9.17) is 0 Å². The van der Waals surface area contributed by atoms with Crippen LogP contribution in [0, 0.1) is 5.92 Å². The smallest absolute Gasteiger partial charge is 0.193 e. The summed E-state index contributed by atoms with van der Waals surface area (Å²) in [6.45, 7) is 8.17. The second kappa shape index (κ2) is 8.89. The summed E-state index contributed by atoms with van der Waals surface area (Å²) in [7, 11) is 4.15. The number of piperidine rings is 1. The Kier molecular flexibility index (Phi) is 7.17. The van der Waals surface area contributed by atoms with Crippen LogP contribution in [0.1, 0.15) is 32.6 Å². The maximum Gasteiger partial charge on any atom is 0.193 e. The minimum atomic E-state index is 0.770. The summed E-state index contributed by atoms with van der Waals surface area (Å²) in [4.78, 5) is 9.38. The Morgan fingerprint density at radius 1 is 1.29 bits per heavy atom. The minimum absolute atomic E-state index is 0.770. The van der Waals surface area contributed by atoms with Gasteiger partial charge in [-0.05, 0) is 51.7 Å². The van der Waals surface area contributed by atoms with Crippen molar-refractivity contribution in [2.75, 3.05) is 52.6 Å². The van der Waals surface area contributed by atoms with Crippen LogP contribution < -0.4 is 5.32 Å². The van der Waals surface area contributed by atoms with Crippen LogP contribution in [0.5, 0.6) is 0 Å². The number of nitrogens with one attached hydrogen (secondary N) is 1. The topological polar surface area (TPSA) is 30.9 Å². The Morgan fingerprint density at radius 3 is 2.71 bits per heavy atom. The first-order chi connectivity index (χ1) is 10.2. The summed E-state index contributed by atoms with van der Waals surface area (Å²) in [5, 5.41) is 4.36. The van der Waals surface area contributed by atoms with E-state index >= 15 is 0 Å². The highest BCUT2D eigenvalue weighted by Gasteiger charge is 2.22. The molecule has 2 rings (SSSR count). The van der Waals surface area contributed by atoms with Crippen molar-refractivity contribution in [2.24, 2.45) is 10.9 Å². The van der Waals surface area contributed by atoms with Gasteiger partial charge in [0.05, 0.1) is 0 Å². The van der Waals surface area contributed by atoms with Crippen molar-refractivity contribution < 1.29 is 0 Å². The van der Waals surface area contributed by atoms with Crippen LogP contribution in [0.3, 0.4) is 0 Å². The van der Waals surface area contributed by atoms with E-state index in [1.165, 1.54) is 44.5 Å². The summed E-state index contributed by atoms with van der Waals surface area (Å²) in [6.07, 6.45) is 5.25. The van der Waals surface area contributed by atoms with Crippen molar-refractivity contribution >= 4 is 17.7 Å². The monoisotopic (exact) mass is 312 g/mol. The molecule has 2 aliphatic rings. The predicted octanol–water partition coefficient (Wildman–Crippen LogP) is 2.12. The minimum Gasteiger partial charge on any atom is -0.356 e. The van der Waals surface area contributed by atoms with Gasteiger partial charge < -0.3 is 15.1 Å². The van der Waals surface area contributed by atoms with E-state index in [9.17, 15) is 0 Å². The largest absolute Gasteiger partial charge is 0.356 e. The van der Waals surface area contributed by atoms with Gasteiger partial charge in [0.2, 0.25) is 0 Å². The normalized spacial score (nSPS) is 26.1. The summed E-state index contributed by atoms with van der Waals surface area (Å²) < 4.78 is 0. The molecule has 1 N–H and O–H groups in total. The molecule has 122 valence electrons. The van der Waals surface area contributed by atoms with Crippen molar-refractivity contribution in [3.8, 4) is 0 Å². The van der Waals surface area contributed by atoms with Crippen LogP contribution in [-0.2, 0) is 0 Å². The van der Waals surface area contributed by atoms with Crippen LogP contribution >= 0.6 is 11.8 Å². The molecule has 0 amide bonds. The highest BCUT2D eigenvalue weighted by molar-refractivity contribution is 8.00. The zero-order chi connectivity index (χ0) is 15.1. The molecule has 4 nitrogen and oxygen atoms in total. The lowest BCUT2D eigenvalue weighted by Crippen LogP contribution is -2.48. The molecule has 0 radical (unpaired) electrons. The molecular weight excluding hydrogens is 280 g/mol. The SMILES string of the molecule is CCC1CN(C(=NC)NCCC2CCN(C)CC2)CCS1. The number of hydrogen-bond donors (Lipinski definition) is 1. The number of nitrogens with zero attached hydrogens (tertiary/aromatic N) is 3. The van der Waals surface area contributed by atoms with Gasteiger partial charge >= 0.3 is 0 Å². The van der Waals surface area contributed by atoms with Crippen molar-refractivity contribution in [1.82, 2.24) is 15.1 Å². The molecule has 0 aliphatic carbocycles. The van der Waals surface area contributed by atoms with Crippen molar-refractivity contribution in [2.45, 2.75) is 37.9 Å². The number of rotatable bonds is 4. The van der Waals surface area contributed by atoms with Crippen molar-refractivity contribution in [1.29, 1.82) is 0 Å². The fourth-order valence-corrected chi connectivity index (χ4v) is 4.41. The van der Waals surface area contributed by atoms with Gasteiger partial charge in [0.1, 0.15) is 0 Å². The number of guanidine groups is 1. The standard InChI is InChI=1S/C16H32N4S/c1-4-15-13-20(11-12-21-15)16(17-2)18-8-5-14-6-9-19(3)10-7-14/h14-15H,4-13H2,1-3H3,(H,17,18). The Bertz CT molecular complexity index is 326. The molecule has 1 atom stereocenters. The van der Waals surface area contributed by atoms with Gasteiger partial charge in [0.25, 0.3) is 0 Å². The molecule has 0 saturated carbocycles. The molecule has 0 spiro atoms. The lowest BCUT2D eigenvalue weighted by Gasteiger charge is -2.34.